The lowest BCUT2D eigenvalue weighted by Gasteiger charge is -2.36. The van der Waals surface area contributed by atoms with Crippen LogP contribution in [0, 0.1) is 5.92 Å². The number of nitrogens with zero attached hydrogens (tertiary/aromatic N) is 8. The molecule has 0 bridgehead atoms. The standard InChI is InChI=1S/C30H30F3N9O4S/c1-46-29-38-11-19(12-39-29)24-15-36-25(16-35-24)42(27(43)17-3-4-17)21-7-5-20(6-8-21)40-28-37-14-23(30(31,32)33)26(41-28)18-9-22(13-34-10-18)47(2,44)45/h9-17,20-21H,3-8H2,1-2H3,(H,37,40,41)/t20-,21-. The minimum Gasteiger partial charge on any atom is -0.467 e. The molecule has 47 heavy (non-hydrogen) atoms. The van der Waals surface area contributed by atoms with Gasteiger partial charge in [-0.2, -0.15) is 13.2 Å². The van der Waals surface area contributed by atoms with Gasteiger partial charge in [-0.25, -0.2) is 33.3 Å². The van der Waals surface area contributed by atoms with Crippen LogP contribution in [0.5, 0.6) is 6.01 Å². The van der Waals surface area contributed by atoms with Crippen molar-refractivity contribution in [3.05, 3.63) is 55.0 Å². The van der Waals surface area contributed by atoms with Crippen molar-refractivity contribution in [2.24, 2.45) is 5.92 Å². The summed E-state index contributed by atoms with van der Waals surface area (Å²) in [5.74, 6) is 0.349. The highest BCUT2D eigenvalue weighted by Crippen LogP contribution is 2.38. The molecule has 246 valence electrons. The smallest absolute Gasteiger partial charge is 0.419 e. The van der Waals surface area contributed by atoms with E-state index in [1.54, 1.807) is 29.7 Å². The Morgan fingerprint density at radius 2 is 1.62 bits per heavy atom. The molecule has 2 aliphatic carbocycles. The Labute approximate surface area is 268 Å². The van der Waals surface area contributed by atoms with Gasteiger partial charge in [-0.05, 0) is 44.6 Å². The minimum absolute atomic E-state index is 0.00288. The van der Waals surface area contributed by atoms with Crippen LogP contribution in [-0.2, 0) is 20.8 Å². The van der Waals surface area contributed by atoms with Crippen molar-refractivity contribution >= 4 is 27.5 Å². The number of hydrogen-bond donors (Lipinski definition) is 1. The van der Waals surface area contributed by atoms with Crippen LogP contribution in [0.3, 0.4) is 0 Å². The summed E-state index contributed by atoms with van der Waals surface area (Å²) >= 11 is 0. The van der Waals surface area contributed by atoms with Crippen LogP contribution in [0.15, 0.2) is 54.3 Å². The van der Waals surface area contributed by atoms with Crippen molar-refractivity contribution in [1.82, 2.24) is 34.9 Å². The largest absolute Gasteiger partial charge is 0.467 e. The summed E-state index contributed by atoms with van der Waals surface area (Å²) in [5.41, 5.74) is -0.510. The fourth-order valence-corrected chi connectivity index (χ4v) is 6.04. The van der Waals surface area contributed by atoms with Crippen LogP contribution in [0.4, 0.5) is 24.9 Å². The highest BCUT2D eigenvalue weighted by atomic mass is 32.2. The van der Waals surface area contributed by atoms with Crippen molar-refractivity contribution < 1.29 is 31.1 Å². The zero-order valence-electron chi connectivity index (χ0n) is 25.3. The number of ether oxygens (including phenoxy) is 1. The number of sulfone groups is 1. The number of methoxy groups -OCH3 is 1. The van der Waals surface area contributed by atoms with Gasteiger partial charge in [0.15, 0.2) is 15.7 Å². The van der Waals surface area contributed by atoms with Crippen LogP contribution in [0.1, 0.15) is 44.1 Å². The van der Waals surface area contributed by atoms with Gasteiger partial charge >= 0.3 is 12.2 Å². The van der Waals surface area contributed by atoms with E-state index in [-0.39, 0.29) is 46.3 Å². The van der Waals surface area contributed by atoms with E-state index in [2.05, 4.69) is 40.2 Å². The Hall–Kier alpha value is -4.80. The molecule has 0 unspecified atom stereocenters. The van der Waals surface area contributed by atoms with Gasteiger partial charge in [0.1, 0.15) is 5.56 Å². The lowest BCUT2D eigenvalue weighted by atomic mass is 9.90. The second-order valence-corrected chi connectivity index (χ2v) is 13.5. The third-order valence-corrected chi connectivity index (χ3v) is 9.14. The summed E-state index contributed by atoms with van der Waals surface area (Å²) in [6, 6.07) is 1.00. The fourth-order valence-electron chi connectivity index (χ4n) is 5.45. The molecule has 0 aromatic carbocycles. The molecule has 0 saturated heterocycles. The average Bonchev–Trinajstić information content (AvgIpc) is 3.91. The second kappa shape index (κ2) is 12.8. The van der Waals surface area contributed by atoms with Crippen molar-refractivity contribution in [3.63, 3.8) is 0 Å². The molecule has 0 atom stereocenters. The van der Waals surface area contributed by atoms with Gasteiger partial charge in [0.25, 0.3) is 0 Å². The van der Waals surface area contributed by atoms with E-state index < -0.39 is 27.3 Å². The number of aromatic nitrogens is 7. The summed E-state index contributed by atoms with van der Waals surface area (Å²) in [5, 5.41) is 3.13. The minimum atomic E-state index is -4.78. The van der Waals surface area contributed by atoms with Crippen molar-refractivity contribution in [3.8, 4) is 28.5 Å². The van der Waals surface area contributed by atoms with Gasteiger partial charge in [-0.3, -0.25) is 19.7 Å². The Balaban J connectivity index is 1.18. The molecule has 0 radical (unpaired) electrons. The fraction of sp³-hybridized carbons (Fsp3) is 0.400. The average molecular weight is 670 g/mol. The third kappa shape index (κ3) is 7.29. The van der Waals surface area contributed by atoms with Crippen LogP contribution in [0.25, 0.3) is 22.5 Å². The number of amides is 1. The van der Waals surface area contributed by atoms with E-state index in [1.165, 1.54) is 7.11 Å². The Bertz CT molecular complexity index is 1870. The maximum Gasteiger partial charge on any atom is 0.419 e. The number of nitrogens with one attached hydrogen (secondary N) is 1. The van der Waals surface area contributed by atoms with E-state index in [0.29, 0.717) is 49.0 Å². The number of rotatable bonds is 9. The number of alkyl halides is 3. The summed E-state index contributed by atoms with van der Waals surface area (Å²) in [6.07, 6.45) is 9.31. The lowest BCUT2D eigenvalue weighted by molar-refractivity contribution is -0.137. The number of anilines is 2. The van der Waals surface area contributed by atoms with Crippen LogP contribution >= 0.6 is 0 Å². The van der Waals surface area contributed by atoms with Crippen molar-refractivity contribution in [1.29, 1.82) is 0 Å². The van der Waals surface area contributed by atoms with Gasteiger partial charge in [0, 0.05) is 66.4 Å². The number of halogens is 3. The molecule has 13 nitrogen and oxygen atoms in total. The van der Waals surface area contributed by atoms with E-state index in [1.807, 2.05) is 0 Å². The number of carbonyl (C=O) groups excluding carboxylic acids is 1. The molecule has 17 heteroatoms. The SMILES string of the molecule is COc1ncc(-c2cnc(N(C(=O)C3CC3)[C@H]3CC[C@H](Nc4ncc(C(F)(F)F)c(-c5cncc(S(C)(=O)=O)c5)n4)CC3)cn2)cn1. The van der Waals surface area contributed by atoms with Crippen LogP contribution in [0.2, 0.25) is 0 Å². The maximum absolute atomic E-state index is 13.9. The van der Waals surface area contributed by atoms with E-state index >= 15 is 0 Å². The molecule has 1 N–H and O–H groups in total. The molecule has 2 aliphatic rings. The number of carbonyl (C=O) groups is 1. The quantitative estimate of drug-likeness (QED) is 0.268. The summed E-state index contributed by atoms with van der Waals surface area (Å²) in [7, 11) is -2.25. The van der Waals surface area contributed by atoms with Gasteiger partial charge in [0.2, 0.25) is 11.9 Å². The summed E-state index contributed by atoms with van der Waals surface area (Å²) in [4.78, 5) is 44.1. The number of hydrogen-bond acceptors (Lipinski definition) is 12. The Kier molecular flexibility index (Phi) is 8.74. The Morgan fingerprint density at radius 1 is 0.894 bits per heavy atom. The molecular weight excluding hydrogens is 639 g/mol. The van der Waals surface area contributed by atoms with E-state index in [4.69, 9.17) is 4.74 Å². The second-order valence-electron chi connectivity index (χ2n) is 11.5. The highest BCUT2D eigenvalue weighted by molar-refractivity contribution is 7.90. The first-order chi connectivity index (χ1) is 22.4. The third-order valence-electron chi connectivity index (χ3n) is 8.06. The van der Waals surface area contributed by atoms with E-state index in [9.17, 15) is 26.4 Å². The summed E-state index contributed by atoms with van der Waals surface area (Å²) < 4.78 is 70.7. The molecule has 0 aliphatic heterocycles. The topological polar surface area (TPSA) is 166 Å². The van der Waals surface area contributed by atoms with Gasteiger partial charge in [0.05, 0.1) is 35.8 Å². The van der Waals surface area contributed by atoms with Gasteiger partial charge in [-0.15, -0.1) is 0 Å². The molecule has 0 spiro atoms. The normalized spacial score (nSPS) is 18.4. The van der Waals surface area contributed by atoms with Gasteiger partial charge in [-0.1, -0.05) is 0 Å². The molecule has 2 saturated carbocycles. The molecule has 4 heterocycles. The maximum atomic E-state index is 13.9. The van der Waals surface area contributed by atoms with Gasteiger partial charge < -0.3 is 10.1 Å². The zero-order valence-corrected chi connectivity index (χ0v) is 26.2. The molecule has 1 amide bonds. The van der Waals surface area contributed by atoms with E-state index in [0.717, 1.165) is 37.6 Å². The number of pyridine rings is 1. The predicted octanol–water partition coefficient (Wildman–Crippen LogP) is 4.38. The highest BCUT2D eigenvalue weighted by Gasteiger charge is 2.40. The monoisotopic (exact) mass is 669 g/mol. The molecule has 2 fully saturated rings. The molecule has 4 aromatic heterocycles. The summed E-state index contributed by atoms with van der Waals surface area (Å²) in [6.45, 7) is 0. The first-order valence-corrected chi connectivity index (χ1v) is 16.7. The van der Waals surface area contributed by atoms with Crippen molar-refractivity contribution in [2.45, 2.75) is 61.7 Å². The van der Waals surface area contributed by atoms with Crippen molar-refractivity contribution in [2.75, 3.05) is 23.6 Å². The zero-order chi connectivity index (χ0) is 33.3. The molecule has 6 rings (SSSR count). The van der Waals surface area contributed by atoms with Crippen LogP contribution < -0.4 is 15.0 Å². The molecular formula is C30H30F3N9O4S. The lowest BCUT2D eigenvalue weighted by Crippen LogP contribution is -2.45. The first-order valence-electron chi connectivity index (χ1n) is 14.8. The first kappa shape index (κ1) is 32.2. The predicted molar refractivity (Wildman–Crippen MR) is 163 cm³/mol. The Morgan fingerprint density at radius 3 is 2.21 bits per heavy atom. The van der Waals surface area contributed by atoms with Crippen LogP contribution in [-0.4, -0.2) is 74.7 Å². The molecule has 4 aromatic rings.